The van der Waals surface area contributed by atoms with Crippen LogP contribution in [-0.2, 0) is 22.4 Å². The zero-order valence-electron chi connectivity index (χ0n) is 17.5. The maximum atomic E-state index is 12.8. The third kappa shape index (κ3) is 6.29. The van der Waals surface area contributed by atoms with Crippen LogP contribution in [0.2, 0.25) is 0 Å². The van der Waals surface area contributed by atoms with Crippen LogP contribution in [0.3, 0.4) is 0 Å². The van der Waals surface area contributed by atoms with Crippen LogP contribution in [0.25, 0.3) is 0 Å². The molecular weight excluding hydrogens is 392 g/mol. The van der Waals surface area contributed by atoms with Crippen LogP contribution >= 0.6 is 11.3 Å². The molecule has 0 aliphatic heterocycles. The maximum absolute atomic E-state index is 12.8. The maximum Gasteiger partial charge on any atom is 0.225 e. The quantitative estimate of drug-likeness (QED) is 0.480. The van der Waals surface area contributed by atoms with E-state index < -0.39 is 0 Å². The monoisotopic (exact) mass is 420 g/mol. The molecular formula is C25H28N2O2S. The van der Waals surface area contributed by atoms with Gasteiger partial charge in [-0.05, 0) is 53.1 Å². The Morgan fingerprint density at radius 1 is 0.967 bits per heavy atom. The second kappa shape index (κ2) is 10.7. The third-order valence-corrected chi connectivity index (χ3v) is 5.84. The van der Waals surface area contributed by atoms with Gasteiger partial charge in [0.1, 0.15) is 0 Å². The van der Waals surface area contributed by atoms with E-state index in [2.05, 4.69) is 47.9 Å². The zero-order chi connectivity index (χ0) is 21.3. The van der Waals surface area contributed by atoms with Crippen molar-refractivity contribution in [1.29, 1.82) is 0 Å². The van der Waals surface area contributed by atoms with Crippen LogP contribution in [0.4, 0.5) is 5.69 Å². The van der Waals surface area contributed by atoms with Gasteiger partial charge in [0, 0.05) is 17.5 Å². The standard InChI is InChI=1S/C25H28N2O2S/c1-3-4-6-19-8-12-21(13-9-19)25(23-7-5-16-30-23)27-24(29)17-20-10-14-22(15-11-20)26-18(2)28/h5,7-16,25H,3-4,6,17H2,1-2H3,(H,26,28)(H,27,29). The van der Waals surface area contributed by atoms with Crippen molar-refractivity contribution in [2.45, 2.75) is 45.6 Å². The minimum absolute atomic E-state index is 0.0317. The van der Waals surface area contributed by atoms with Crippen LogP contribution < -0.4 is 10.6 Å². The number of benzene rings is 2. The second-order valence-corrected chi connectivity index (χ2v) is 8.40. The molecule has 3 rings (SSSR count). The molecule has 3 aromatic rings. The highest BCUT2D eigenvalue weighted by Crippen LogP contribution is 2.27. The number of carbonyl (C=O) groups is 2. The van der Waals surface area contributed by atoms with Crippen LogP contribution in [0.15, 0.2) is 66.0 Å². The fourth-order valence-electron chi connectivity index (χ4n) is 3.34. The first-order valence-electron chi connectivity index (χ1n) is 10.3. The lowest BCUT2D eigenvalue weighted by atomic mass is 10.0. The van der Waals surface area contributed by atoms with Crippen LogP contribution in [0.1, 0.15) is 54.3 Å². The number of unbranched alkanes of at least 4 members (excludes halogenated alkanes) is 1. The number of hydrogen-bond acceptors (Lipinski definition) is 3. The Labute approximate surface area is 182 Å². The fourth-order valence-corrected chi connectivity index (χ4v) is 4.14. The van der Waals surface area contributed by atoms with Crippen molar-refractivity contribution in [3.63, 3.8) is 0 Å². The van der Waals surface area contributed by atoms with Crippen molar-refractivity contribution in [3.05, 3.63) is 87.6 Å². The lowest BCUT2D eigenvalue weighted by Gasteiger charge is -2.19. The minimum atomic E-state index is -0.156. The highest BCUT2D eigenvalue weighted by Gasteiger charge is 2.18. The first kappa shape index (κ1) is 21.8. The van der Waals surface area contributed by atoms with E-state index in [-0.39, 0.29) is 24.3 Å². The summed E-state index contributed by atoms with van der Waals surface area (Å²) in [5.74, 6) is -0.143. The van der Waals surface area contributed by atoms with Gasteiger partial charge in [0.15, 0.2) is 0 Å². The number of carbonyl (C=O) groups excluding carboxylic acids is 2. The lowest BCUT2D eigenvalue weighted by molar-refractivity contribution is -0.121. The van der Waals surface area contributed by atoms with Crippen molar-refractivity contribution in [2.75, 3.05) is 5.32 Å². The number of anilines is 1. The van der Waals surface area contributed by atoms with Gasteiger partial charge < -0.3 is 10.6 Å². The second-order valence-electron chi connectivity index (χ2n) is 7.42. The van der Waals surface area contributed by atoms with Crippen LogP contribution in [-0.4, -0.2) is 11.8 Å². The molecule has 1 aromatic heterocycles. The van der Waals surface area contributed by atoms with Crippen molar-refractivity contribution in [2.24, 2.45) is 0 Å². The Morgan fingerprint density at radius 3 is 2.27 bits per heavy atom. The summed E-state index contributed by atoms with van der Waals surface area (Å²) in [5, 5.41) is 7.96. The molecule has 0 aliphatic rings. The summed E-state index contributed by atoms with van der Waals surface area (Å²) in [5.41, 5.74) is 4.05. The smallest absolute Gasteiger partial charge is 0.225 e. The summed E-state index contributed by atoms with van der Waals surface area (Å²) in [6.45, 7) is 3.67. The zero-order valence-corrected chi connectivity index (χ0v) is 18.3. The molecule has 0 spiro atoms. The summed E-state index contributed by atoms with van der Waals surface area (Å²) in [6, 6.07) is 19.9. The van der Waals surface area contributed by atoms with Gasteiger partial charge in [0.2, 0.25) is 11.8 Å². The largest absolute Gasteiger partial charge is 0.344 e. The van der Waals surface area contributed by atoms with E-state index in [1.807, 2.05) is 35.7 Å². The van der Waals surface area contributed by atoms with Gasteiger partial charge in [-0.15, -0.1) is 11.3 Å². The molecule has 0 aliphatic carbocycles. The number of hydrogen-bond donors (Lipinski definition) is 2. The topological polar surface area (TPSA) is 58.2 Å². The predicted octanol–water partition coefficient (Wildman–Crippen LogP) is 5.50. The molecule has 2 aromatic carbocycles. The van der Waals surface area contributed by atoms with Crippen molar-refractivity contribution in [3.8, 4) is 0 Å². The Kier molecular flexibility index (Phi) is 7.80. The van der Waals surface area contributed by atoms with Crippen molar-refractivity contribution < 1.29 is 9.59 Å². The van der Waals surface area contributed by atoms with Gasteiger partial charge >= 0.3 is 0 Å². The molecule has 2 amide bonds. The summed E-state index contributed by atoms with van der Waals surface area (Å²) < 4.78 is 0. The lowest BCUT2D eigenvalue weighted by Crippen LogP contribution is -2.30. The normalized spacial score (nSPS) is 11.7. The molecule has 1 heterocycles. The molecule has 156 valence electrons. The molecule has 0 saturated carbocycles. The van der Waals surface area contributed by atoms with E-state index >= 15 is 0 Å². The first-order valence-corrected chi connectivity index (χ1v) is 11.2. The van der Waals surface area contributed by atoms with E-state index in [1.165, 1.54) is 25.3 Å². The summed E-state index contributed by atoms with van der Waals surface area (Å²) in [7, 11) is 0. The number of amides is 2. The molecule has 0 bridgehead atoms. The van der Waals surface area contributed by atoms with Crippen LogP contribution in [0, 0.1) is 0 Å². The van der Waals surface area contributed by atoms with E-state index in [0.29, 0.717) is 0 Å². The number of thiophene rings is 1. The highest BCUT2D eigenvalue weighted by atomic mass is 32.1. The third-order valence-electron chi connectivity index (χ3n) is 4.90. The molecule has 0 saturated heterocycles. The van der Waals surface area contributed by atoms with Crippen molar-refractivity contribution >= 4 is 28.8 Å². The first-order chi connectivity index (χ1) is 14.5. The number of nitrogens with one attached hydrogen (secondary N) is 2. The fraction of sp³-hybridized carbons (Fsp3) is 0.280. The average Bonchev–Trinajstić information content (AvgIpc) is 3.27. The molecule has 0 fully saturated rings. The van der Waals surface area contributed by atoms with E-state index in [4.69, 9.17) is 0 Å². The van der Waals surface area contributed by atoms with Gasteiger partial charge in [-0.2, -0.15) is 0 Å². The molecule has 1 atom stereocenters. The Hall–Kier alpha value is -2.92. The number of rotatable bonds is 9. The minimum Gasteiger partial charge on any atom is -0.344 e. The van der Waals surface area contributed by atoms with Gasteiger partial charge in [-0.1, -0.05) is 55.8 Å². The van der Waals surface area contributed by atoms with E-state index in [9.17, 15) is 9.59 Å². The SMILES string of the molecule is CCCCc1ccc(C(NC(=O)Cc2ccc(NC(C)=O)cc2)c2cccs2)cc1. The average molecular weight is 421 g/mol. The molecule has 1 unspecified atom stereocenters. The molecule has 0 radical (unpaired) electrons. The van der Waals surface area contributed by atoms with E-state index in [0.717, 1.165) is 28.1 Å². The van der Waals surface area contributed by atoms with Gasteiger partial charge in [-0.3, -0.25) is 9.59 Å². The molecule has 2 N–H and O–H groups in total. The van der Waals surface area contributed by atoms with Gasteiger partial charge in [0.25, 0.3) is 0 Å². The number of aryl methyl sites for hydroxylation is 1. The molecule has 4 nitrogen and oxygen atoms in total. The summed E-state index contributed by atoms with van der Waals surface area (Å²) >= 11 is 1.64. The van der Waals surface area contributed by atoms with Gasteiger partial charge in [0.05, 0.1) is 12.5 Å². The predicted molar refractivity (Wildman–Crippen MR) is 124 cm³/mol. The highest BCUT2D eigenvalue weighted by molar-refractivity contribution is 7.10. The van der Waals surface area contributed by atoms with E-state index in [1.54, 1.807) is 11.3 Å². The summed E-state index contributed by atoms with van der Waals surface area (Å²) in [6.07, 6.45) is 3.74. The van der Waals surface area contributed by atoms with Crippen molar-refractivity contribution in [1.82, 2.24) is 5.32 Å². The molecule has 5 heteroatoms. The van der Waals surface area contributed by atoms with Crippen LogP contribution in [0.5, 0.6) is 0 Å². The Balaban J connectivity index is 1.69. The van der Waals surface area contributed by atoms with Gasteiger partial charge in [-0.25, -0.2) is 0 Å². The Bertz CT molecular complexity index is 948. The summed E-state index contributed by atoms with van der Waals surface area (Å²) in [4.78, 5) is 25.0. The molecule has 30 heavy (non-hydrogen) atoms. The Morgan fingerprint density at radius 2 is 1.67 bits per heavy atom.